The molecule has 0 radical (unpaired) electrons. The van der Waals surface area contributed by atoms with Gasteiger partial charge in [0.1, 0.15) is 42.7 Å². The SMILES string of the molecule is C.C.COC[C@@H]1OC(C(=O)O)[C@@H](O[C@@H]2OC(C(=O)O)[C@H](OC)[C@@H](O)C2O)[C@@H](O)C1O. The summed E-state index contributed by atoms with van der Waals surface area (Å²) < 4.78 is 25.2. The van der Waals surface area contributed by atoms with Crippen LogP contribution in [0.4, 0.5) is 0 Å². The standard InChI is InChI=1S/C15H24O13.2CH4/c1-24-3-4-5(16)6(17)10(12(26-4)14(22)23)27-15-8(19)7(18)9(25-2)11(28-15)13(20)21;;/h4-12,15-19H,3H2,1-2H3,(H,20,21)(H,22,23);2*1H4/t4-,5?,6-,7-,8?,9+,10-,11?,12?,15+;;/m0../s1. The molecule has 6 N–H and O–H groups in total. The number of aliphatic hydroxyl groups excluding tert-OH is 4. The van der Waals surface area contributed by atoms with Gasteiger partial charge in [-0.2, -0.15) is 0 Å². The summed E-state index contributed by atoms with van der Waals surface area (Å²) in [7, 11) is 2.39. The highest BCUT2D eigenvalue weighted by atomic mass is 16.7. The van der Waals surface area contributed by atoms with Crippen molar-refractivity contribution in [3.8, 4) is 0 Å². The van der Waals surface area contributed by atoms with E-state index in [9.17, 15) is 40.2 Å². The molecule has 13 nitrogen and oxygen atoms in total. The van der Waals surface area contributed by atoms with Gasteiger partial charge in [0.25, 0.3) is 0 Å². The van der Waals surface area contributed by atoms with Gasteiger partial charge < -0.3 is 54.3 Å². The molecule has 0 bridgehead atoms. The molecule has 2 saturated heterocycles. The first-order chi connectivity index (χ1) is 13.1. The molecule has 30 heavy (non-hydrogen) atoms. The zero-order valence-electron chi connectivity index (χ0n) is 15.0. The normalized spacial score (nSPS) is 41.3. The first-order valence-electron chi connectivity index (χ1n) is 8.30. The molecule has 0 saturated carbocycles. The van der Waals surface area contributed by atoms with E-state index >= 15 is 0 Å². The van der Waals surface area contributed by atoms with Crippen LogP contribution in [-0.2, 0) is 33.3 Å². The maximum absolute atomic E-state index is 11.5. The Kier molecular flexibility index (Phi) is 11.3. The van der Waals surface area contributed by atoms with Gasteiger partial charge in [0, 0.05) is 14.2 Å². The molecule has 0 aromatic heterocycles. The molecule has 0 aliphatic carbocycles. The summed E-state index contributed by atoms with van der Waals surface area (Å²) >= 11 is 0. The number of carbonyl (C=O) groups is 2. The van der Waals surface area contributed by atoms with Crippen LogP contribution in [-0.4, -0.2) is 125 Å². The van der Waals surface area contributed by atoms with Gasteiger partial charge in [-0.15, -0.1) is 0 Å². The van der Waals surface area contributed by atoms with Crippen molar-refractivity contribution < 1.29 is 63.9 Å². The zero-order chi connectivity index (χ0) is 21.2. The van der Waals surface area contributed by atoms with Crippen molar-refractivity contribution in [3.63, 3.8) is 0 Å². The van der Waals surface area contributed by atoms with Crippen LogP contribution in [0.5, 0.6) is 0 Å². The molecule has 0 spiro atoms. The number of carboxylic acid groups (broad SMARTS) is 2. The quantitative estimate of drug-likeness (QED) is 0.239. The molecule has 2 aliphatic rings. The second kappa shape index (κ2) is 11.8. The van der Waals surface area contributed by atoms with Crippen LogP contribution >= 0.6 is 0 Å². The summed E-state index contributed by atoms with van der Waals surface area (Å²) in [4.78, 5) is 22.9. The predicted octanol–water partition coefficient (Wildman–Crippen LogP) is -2.59. The van der Waals surface area contributed by atoms with Gasteiger partial charge in [-0.1, -0.05) is 14.9 Å². The van der Waals surface area contributed by atoms with E-state index in [1.54, 1.807) is 0 Å². The number of aliphatic carboxylic acids is 2. The number of ether oxygens (including phenoxy) is 5. The lowest BCUT2D eigenvalue weighted by molar-refractivity contribution is -0.336. The van der Waals surface area contributed by atoms with Crippen LogP contribution in [0.2, 0.25) is 0 Å². The molecule has 4 unspecified atom stereocenters. The highest BCUT2D eigenvalue weighted by Crippen LogP contribution is 2.30. The van der Waals surface area contributed by atoms with Gasteiger partial charge in [0.05, 0.1) is 6.61 Å². The largest absolute Gasteiger partial charge is 0.479 e. The average Bonchev–Trinajstić information content (AvgIpc) is 2.64. The van der Waals surface area contributed by atoms with Crippen molar-refractivity contribution in [2.45, 2.75) is 76.1 Å². The summed E-state index contributed by atoms with van der Waals surface area (Å²) in [6.07, 6.45) is -16.7. The van der Waals surface area contributed by atoms with Gasteiger partial charge >= 0.3 is 11.9 Å². The maximum atomic E-state index is 11.5. The minimum Gasteiger partial charge on any atom is -0.479 e. The van der Waals surface area contributed by atoms with Gasteiger partial charge in [-0.3, -0.25) is 0 Å². The Morgan fingerprint density at radius 1 is 0.800 bits per heavy atom. The van der Waals surface area contributed by atoms with E-state index in [0.29, 0.717) is 0 Å². The number of rotatable bonds is 7. The van der Waals surface area contributed by atoms with Gasteiger partial charge in [-0.05, 0) is 0 Å². The third-order valence-electron chi connectivity index (χ3n) is 4.61. The molecule has 10 atom stereocenters. The Hall–Kier alpha value is -1.42. The second-order valence-corrected chi connectivity index (χ2v) is 6.42. The highest BCUT2D eigenvalue weighted by Gasteiger charge is 2.53. The molecular weight excluding hydrogens is 412 g/mol. The zero-order valence-corrected chi connectivity index (χ0v) is 15.0. The van der Waals surface area contributed by atoms with Crippen LogP contribution in [0, 0.1) is 0 Å². The van der Waals surface area contributed by atoms with E-state index in [2.05, 4.69) is 0 Å². The van der Waals surface area contributed by atoms with E-state index in [1.165, 1.54) is 7.11 Å². The van der Waals surface area contributed by atoms with Crippen LogP contribution in [0.15, 0.2) is 0 Å². The summed E-state index contributed by atoms with van der Waals surface area (Å²) in [5.74, 6) is -3.07. The van der Waals surface area contributed by atoms with Crippen molar-refractivity contribution in [3.05, 3.63) is 0 Å². The fourth-order valence-electron chi connectivity index (χ4n) is 3.16. The Morgan fingerprint density at radius 2 is 1.30 bits per heavy atom. The molecule has 0 aromatic carbocycles. The van der Waals surface area contributed by atoms with Crippen molar-refractivity contribution in [1.29, 1.82) is 0 Å². The third kappa shape index (κ3) is 5.63. The summed E-state index contributed by atoms with van der Waals surface area (Å²) in [6, 6.07) is 0. The topological polar surface area (TPSA) is 202 Å². The number of methoxy groups -OCH3 is 2. The molecule has 2 fully saturated rings. The second-order valence-electron chi connectivity index (χ2n) is 6.42. The minimum atomic E-state index is -1.85. The van der Waals surface area contributed by atoms with Gasteiger partial charge in [0.2, 0.25) is 0 Å². The third-order valence-corrected chi connectivity index (χ3v) is 4.61. The van der Waals surface area contributed by atoms with Gasteiger partial charge in [-0.25, -0.2) is 9.59 Å². The molecule has 2 aliphatic heterocycles. The molecule has 0 amide bonds. The van der Waals surface area contributed by atoms with E-state index in [1.807, 2.05) is 0 Å². The molecule has 13 heteroatoms. The van der Waals surface area contributed by atoms with Crippen LogP contribution < -0.4 is 0 Å². The smallest absolute Gasteiger partial charge is 0.335 e. The lowest BCUT2D eigenvalue weighted by Crippen LogP contribution is -2.66. The summed E-state index contributed by atoms with van der Waals surface area (Å²) in [6.45, 7) is -0.216. The average molecular weight is 444 g/mol. The minimum absolute atomic E-state index is 0. The fraction of sp³-hybridized carbons (Fsp3) is 0.882. The first-order valence-corrected chi connectivity index (χ1v) is 8.30. The van der Waals surface area contributed by atoms with Crippen molar-refractivity contribution >= 4 is 11.9 Å². The van der Waals surface area contributed by atoms with Crippen molar-refractivity contribution in [2.75, 3.05) is 20.8 Å². The number of aliphatic hydroxyl groups is 4. The number of hydrogen-bond acceptors (Lipinski definition) is 11. The highest BCUT2D eigenvalue weighted by molar-refractivity contribution is 5.74. The van der Waals surface area contributed by atoms with E-state index in [4.69, 9.17) is 23.7 Å². The number of carboxylic acids is 2. The van der Waals surface area contributed by atoms with E-state index < -0.39 is 73.2 Å². The maximum Gasteiger partial charge on any atom is 0.335 e. The van der Waals surface area contributed by atoms with E-state index in [-0.39, 0.29) is 21.5 Å². The van der Waals surface area contributed by atoms with Gasteiger partial charge in [0.15, 0.2) is 18.5 Å². The van der Waals surface area contributed by atoms with Crippen LogP contribution in [0.3, 0.4) is 0 Å². The van der Waals surface area contributed by atoms with Crippen LogP contribution in [0.1, 0.15) is 14.9 Å². The lowest BCUT2D eigenvalue weighted by Gasteiger charge is -2.45. The molecule has 2 heterocycles. The van der Waals surface area contributed by atoms with Crippen molar-refractivity contribution in [2.24, 2.45) is 0 Å². The summed E-state index contributed by atoms with van der Waals surface area (Å²) in [5, 5.41) is 59.2. The predicted molar refractivity (Wildman–Crippen MR) is 97.6 cm³/mol. The lowest BCUT2D eigenvalue weighted by atomic mass is 9.94. The Bertz CT molecular complexity index is 558. The summed E-state index contributed by atoms with van der Waals surface area (Å²) in [5.41, 5.74) is 0. The first kappa shape index (κ1) is 28.6. The Morgan fingerprint density at radius 3 is 1.77 bits per heavy atom. The van der Waals surface area contributed by atoms with Crippen molar-refractivity contribution in [1.82, 2.24) is 0 Å². The molecule has 2 rings (SSSR count). The molecule has 178 valence electrons. The molecular formula is C17H32O13. The van der Waals surface area contributed by atoms with E-state index in [0.717, 1.165) is 7.11 Å². The fourth-order valence-corrected chi connectivity index (χ4v) is 3.16. The monoisotopic (exact) mass is 444 g/mol. The number of hydrogen-bond donors (Lipinski definition) is 6. The van der Waals surface area contributed by atoms with Crippen LogP contribution in [0.25, 0.3) is 0 Å². The molecule has 0 aromatic rings. The Balaban J connectivity index is 0.00000420. The Labute approximate surface area is 173 Å².